The number of nitrogens with zero attached hydrogens (tertiary/aromatic N) is 2. The molecule has 108 valence electrons. The highest BCUT2D eigenvalue weighted by Crippen LogP contribution is 2.19. The number of aryl methyl sites for hydroxylation is 1. The molecule has 1 aromatic rings. The largest absolute Gasteiger partial charge is 0.381 e. The summed E-state index contributed by atoms with van der Waals surface area (Å²) in [6, 6.07) is 0. The van der Waals surface area contributed by atoms with Crippen LogP contribution in [0.5, 0.6) is 0 Å². The lowest BCUT2D eigenvalue weighted by molar-refractivity contribution is 0.0608. The van der Waals surface area contributed by atoms with E-state index >= 15 is 0 Å². The van der Waals surface area contributed by atoms with Crippen LogP contribution in [0.2, 0.25) is 0 Å². The standard InChI is InChI=1S/C15H27N3O/c1-12(2)8-16-9-15-10-17-13(3)18(15)11-14-4-6-19-7-5-14/h10,12,14,16H,4-9,11H2,1-3H3. The van der Waals surface area contributed by atoms with Crippen molar-refractivity contribution in [2.75, 3.05) is 19.8 Å². The zero-order valence-electron chi connectivity index (χ0n) is 12.5. The molecule has 4 heteroatoms. The molecule has 1 aromatic heterocycles. The summed E-state index contributed by atoms with van der Waals surface area (Å²) >= 11 is 0. The Hall–Kier alpha value is -0.870. The maximum Gasteiger partial charge on any atom is 0.105 e. The predicted molar refractivity (Wildman–Crippen MR) is 77.1 cm³/mol. The Labute approximate surface area is 116 Å². The van der Waals surface area contributed by atoms with Gasteiger partial charge in [-0.2, -0.15) is 0 Å². The summed E-state index contributed by atoms with van der Waals surface area (Å²) in [6.07, 6.45) is 4.37. The van der Waals surface area contributed by atoms with E-state index in [0.717, 1.165) is 44.6 Å². The van der Waals surface area contributed by atoms with Crippen LogP contribution in [-0.2, 0) is 17.8 Å². The third-order valence-corrected chi connectivity index (χ3v) is 3.78. The first-order valence-corrected chi connectivity index (χ1v) is 7.46. The smallest absolute Gasteiger partial charge is 0.105 e. The number of aromatic nitrogens is 2. The molecule has 0 saturated carbocycles. The van der Waals surface area contributed by atoms with Crippen LogP contribution in [0.15, 0.2) is 6.20 Å². The van der Waals surface area contributed by atoms with E-state index in [2.05, 4.69) is 35.6 Å². The van der Waals surface area contributed by atoms with Gasteiger partial charge in [0, 0.05) is 32.5 Å². The van der Waals surface area contributed by atoms with Crippen molar-refractivity contribution in [1.82, 2.24) is 14.9 Å². The third-order valence-electron chi connectivity index (χ3n) is 3.78. The number of ether oxygens (including phenoxy) is 1. The van der Waals surface area contributed by atoms with E-state index in [1.165, 1.54) is 18.5 Å². The Kier molecular flexibility index (Phi) is 5.40. The van der Waals surface area contributed by atoms with E-state index in [-0.39, 0.29) is 0 Å². The predicted octanol–water partition coefficient (Wildman–Crippen LogP) is 2.36. The van der Waals surface area contributed by atoms with Gasteiger partial charge in [0.05, 0.1) is 5.69 Å². The quantitative estimate of drug-likeness (QED) is 0.858. The fourth-order valence-electron chi connectivity index (χ4n) is 2.58. The first kappa shape index (κ1) is 14.5. The molecular weight excluding hydrogens is 238 g/mol. The molecule has 1 saturated heterocycles. The molecule has 0 unspecified atom stereocenters. The maximum absolute atomic E-state index is 5.43. The van der Waals surface area contributed by atoms with Crippen molar-refractivity contribution in [3.8, 4) is 0 Å². The van der Waals surface area contributed by atoms with E-state index in [1.54, 1.807) is 0 Å². The summed E-state index contributed by atoms with van der Waals surface area (Å²) in [7, 11) is 0. The van der Waals surface area contributed by atoms with Crippen molar-refractivity contribution < 1.29 is 4.74 Å². The van der Waals surface area contributed by atoms with Gasteiger partial charge in [-0.25, -0.2) is 4.98 Å². The molecule has 1 aliphatic rings. The van der Waals surface area contributed by atoms with Gasteiger partial charge >= 0.3 is 0 Å². The minimum absolute atomic E-state index is 0.688. The molecule has 0 bridgehead atoms. The van der Waals surface area contributed by atoms with Crippen LogP contribution in [0.1, 0.15) is 38.2 Å². The minimum Gasteiger partial charge on any atom is -0.381 e. The zero-order chi connectivity index (χ0) is 13.7. The number of nitrogens with one attached hydrogen (secondary N) is 1. The summed E-state index contributed by atoms with van der Waals surface area (Å²) in [4.78, 5) is 4.47. The van der Waals surface area contributed by atoms with Crippen LogP contribution in [0, 0.1) is 18.8 Å². The summed E-state index contributed by atoms with van der Waals surface area (Å²) in [6.45, 7) is 11.5. The van der Waals surface area contributed by atoms with Crippen LogP contribution in [0.25, 0.3) is 0 Å². The monoisotopic (exact) mass is 265 g/mol. The molecule has 0 aliphatic carbocycles. The van der Waals surface area contributed by atoms with Crippen molar-refractivity contribution in [2.45, 2.75) is 46.7 Å². The molecule has 19 heavy (non-hydrogen) atoms. The van der Waals surface area contributed by atoms with Gasteiger partial charge in [0.25, 0.3) is 0 Å². The van der Waals surface area contributed by atoms with Crippen molar-refractivity contribution in [3.63, 3.8) is 0 Å². The second kappa shape index (κ2) is 7.06. The highest BCUT2D eigenvalue weighted by molar-refractivity contribution is 5.04. The summed E-state index contributed by atoms with van der Waals surface area (Å²) in [5.41, 5.74) is 1.31. The highest BCUT2D eigenvalue weighted by atomic mass is 16.5. The fourth-order valence-corrected chi connectivity index (χ4v) is 2.58. The van der Waals surface area contributed by atoms with Gasteiger partial charge in [-0.05, 0) is 38.1 Å². The molecule has 4 nitrogen and oxygen atoms in total. The molecular formula is C15H27N3O. The van der Waals surface area contributed by atoms with Gasteiger partial charge in [0.15, 0.2) is 0 Å². The van der Waals surface area contributed by atoms with Crippen molar-refractivity contribution >= 4 is 0 Å². The number of imidazole rings is 1. The lowest BCUT2D eigenvalue weighted by Gasteiger charge is -2.24. The second-order valence-corrected chi connectivity index (χ2v) is 5.99. The van der Waals surface area contributed by atoms with Gasteiger partial charge in [-0.1, -0.05) is 13.8 Å². The molecule has 1 N–H and O–H groups in total. The average Bonchev–Trinajstić information content (AvgIpc) is 2.72. The highest BCUT2D eigenvalue weighted by Gasteiger charge is 2.17. The minimum atomic E-state index is 0.688. The maximum atomic E-state index is 5.43. The SMILES string of the molecule is Cc1ncc(CNCC(C)C)n1CC1CCOCC1. The Morgan fingerprint density at radius 2 is 2.16 bits per heavy atom. The molecule has 0 spiro atoms. The molecule has 2 rings (SSSR count). The fraction of sp³-hybridized carbons (Fsp3) is 0.800. The van der Waals surface area contributed by atoms with Crippen LogP contribution < -0.4 is 5.32 Å². The number of hydrogen-bond acceptors (Lipinski definition) is 3. The van der Waals surface area contributed by atoms with E-state index in [9.17, 15) is 0 Å². The van der Waals surface area contributed by atoms with Crippen LogP contribution in [0.3, 0.4) is 0 Å². The Morgan fingerprint density at radius 1 is 1.42 bits per heavy atom. The summed E-state index contributed by atoms with van der Waals surface area (Å²) < 4.78 is 7.81. The normalized spacial score (nSPS) is 17.3. The number of hydrogen-bond donors (Lipinski definition) is 1. The van der Waals surface area contributed by atoms with E-state index in [0.29, 0.717) is 5.92 Å². The van der Waals surface area contributed by atoms with Crippen LogP contribution in [-0.4, -0.2) is 29.3 Å². The Bertz CT molecular complexity index is 381. The molecule has 0 radical (unpaired) electrons. The topological polar surface area (TPSA) is 39.1 Å². The molecule has 1 aliphatic heterocycles. The van der Waals surface area contributed by atoms with E-state index in [4.69, 9.17) is 4.74 Å². The van der Waals surface area contributed by atoms with Gasteiger partial charge in [0.1, 0.15) is 5.82 Å². The summed E-state index contributed by atoms with van der Waals surface area (Å²) in [5.74, 6) is 2.56. The van der Waals surface area contributed by atoms with E-state index in [1.807, 2.05) is 6.20 Å². The first-order chi connectivity index (χ1) is 9.16. The molecule has 0 atom stereocenters. The number of rotatable bonds is 6. The Morgan fingerprint density at radius 3 is 2.84 bits per heavy atom. The molecule has 1 fully saturated rings. The first-order valence-electron chi connectivity index (χ1n) is 7.46. The zero-order valence-corrected chi connectivity index (χ0v) is 12.5. The third kappa shape index (κ3) is 4.32. The molecule has 0 aromatic carbocycles. The molecule has 2 heterocycles. The Balaban J connectivity index is 1.92. The lowest BCUT2D eigenvalue weighted by Crippen LogP contribution is -2.24. The second-order valence-electron chi connectivity index (χ2n) is 5.99. The van der Waals surface area contributed by atoms with Crippen molar-refractivity contribution in [1.29, 1.82) is 0 Å². The molecule has 0 amide bonds. The van der Waals surface area contributed by atoms with E-state index < -0.39 is 0 Å². The average molecular weight is 265 g/mol. The van der Waals surface area contributed by atoms with Crippen LogP contribution in [0.4, 0.5) is 0 Å². The van der Waals surface area contributed by atoms with Crippen LogP contribution >= 0.6 is 0 Å². The van der Waals surface area contributed by atoms with Crippen molar-refractivity contribution in [3.05, 3.63) is 17.7 Å². The van der Waals surface area contributed by atoms with Gasteiger partial charge < -0.3 is 14.6 Å². The van der Waals surface area contributed by atoms with Gasteiger partial charge in [-0.15, -0.1) is 0 Å². The summed E-state index contributed by atoms with van der Waals surface area (Å²) in [5, 5.41) is 3.51. The van der Waals surface area contributed by atoms with Crippen molar-refractivity contribution in [2.24, 2.45) is 11.8 Å². The lowest BCUT2D eigenvalue weighted by atomic mass is 10.0. The van der Waals surface area contributed by atoms with Gasteiger partial charge in [-0.3, -0.25) is 0 Å². The van der Waals surface area contributed by atoms with Gasteiger partial charge in [0.2, 0.25) is 0 Å².